The minimum absolute atomic E-state index is 0.490. The number of fused-ring (bicyclic) bond motifs is 3. The largest absolute Gasteiger partial charge is 0.300 e. The number of piperazine rings is 1. The van der Waals surface area contributed by atoms with Crippen LogP contribution in [0.2, 0.25) is 0 Å². The molecule has 142 valence electrons. The van der Waals surface area contributed by atoms with E-state index in [1.807, 2.05) is 0 Å². The monoisotopic (exact) mass is 368 g/mol. The average Bonchev–Trinajstić information content (AvgIpc) is 2.78. The molecule has 28 heavy (non-hydrogen) atoms. The summed E-state index contributed by atoms with van der Waals surface area (Å²) in [6.45, 7) is 5.77. The lowest BCUT2D eigenvalue weighted by molar-refractivity contribution is 0.0633. The Bertz CT molecular complexity index is 906. The quantitative estimate of drug-likeness (QED) is 0.657. The molecule has 0 bridgehead atoms. The molecule has 0 amide bonds. The summed E-state index contributed by atoms with van der Waals surface area (Å²) in [5.41, 5.74) is 5.95. The zero-order valence-corrected chi connectivity index (χ0v) is 16.4. The molecule has 0 radical (unpaired) electrons. The van der Waals surface area contributed by atoms with Crippen molar-refractivity contribution >= 4 is 0 Å². The molecule has 5 rings (SSSR count). The molecule has 3 aromatic carbocycles. The first kappa shape index (κ1) is 17.7. The third-order valence-corrected chi connectivity index (χ3v) is 6.48. The summed E-state index contributed by atoms with van der Waals surface area (Å²) < 4.78 is 0. The molecule has 0 aromatic heterocycles. The van der Waals surface area contributed by atoms with Crippen molar-refractivity contribution in [1.82, 2.24) is 9.80 Å². The van der Waals surface area contributed by atoms with Crippen LogP contribution < -0.4 is 0 Å². The molecule has 0 saturated carbocycles. The molecular weight excluding hydrogens is 340 g/mol. The SMILES string of the molecule is c1ccc(CCN2CCN3C[C@@H](c4ccccc4)c4ccccc4[C@@H]3C2)cc1. The fraction of sp³-hybridized carbons (Fsp3) is 0.308. The fourth-order valence-electron chi connectivity index (χ4n) is 4.96. The summed E-state index contributed by atoms with van der Waals surface area (Å²) in [6.07, 6.45) is 1.14. The van der Waals surface area contributed by atoms with Gasteiger partial charge in [0.25, 0.3) is 0 Å². The fourth-order valence-corrected chi connectivity index (χ4v) is 4.96. The van der Waals surface area contributed by atoms with Crippen molar-refractivity contribution in [1.29, 1.82) is 0 Å². The average molecular weight is 369 g/mol. The van der Waals surface area contributed by atoms with Crippen molar-refractivity contribution in [2.24, 2.45) is 0 Å². The van der Waals surface area contributed by atoms with Crippen LogP contribution in [0, 0.1) is 0 Å². The summed E-state index contributed by atoms with van der Waals surface area (Å²) in [5.74, 6) is 0.490. The first-order valence-corrected chi connectivity index (χ1v) is 10.5. The van der Waals surface area contributed by atoms with Gasteiger partial charge in [-0.2, -0.15) is 0 Å². The molecule has 1 saturated heterocycles. The molecule has 0 unspecified atom stereocenters. The maximum Gasteiger partial charge on any atom is 0.0479 e. The van der Waals surface area contributed by atoms with Crippen molar-refractivity contribution in [3.63, 3.8) is 0 Å². The maximum atomic E-state index is 2.72. The highest BCUT2D eigenvalue weighted by atomic mass is 15.3. The lowest BCUT2D eigenvalue weighted by atomic mass is 9.80. The van der Waals surface area contributed by atoms with E-state index in [0.717, 1.165) is 32.6 Å². The van der Waals surface area contributed by atoms with Gasteiger partial charge in [0.15, 0.2) is 0 Å². The van der Waals surface area contributed by atoms with Gasteiger partial charge in [0, 0.05) is 44.7 Å². The predicted molar refractivity (Wildman–Crippen MR) is 116 cm³/mol. The first-order valence-electron chi connectivity index (χ1n) is 10.5. The van der Waals surface area contributed by atoms with Crippen molar-refractivity contribution in [2.45, 2.75) is 18.4 Å². The van der Waals surface area contributed by atoms with E-state index in [2.05, 4.69) is 94.7 Å². The Hall–Kier alpha value is -2.42. The minimum atomic E-state index is 0.490. The molecule has 2 nitrogen and oxygen atoms in total. The molecule has 0 spiro atoms. The molecule has 2 aliphatic rings. The highest BCUT2D eigenvalue weighted by molar-refractivity contribution is 5.42. The van der Waals surface area contributed by atoms with E-state index in [9.17, 15) is 0 Å². The molecule has 0 aliphatic carbocycles. The molecule has 2 aliphatic heterocycles. The lowest BCUT2D eigenvalue weighted by Gasteiger charge is -2.47. The lowest BCUT2D eigenvalue weighted by Crippen LogP contribution is -2.52. The summed E-state index contributed by atoms with van der Waals surface area (Å²) >= 11 is 0. The maximum absolute atomic E-state index is 2.72. The van der Waals surface area contributed by atoms with Crippen molar-refractivity contribution in [2.75, 3.05) is 32.7 Å². The van der Waals surface area contributed by atoms with Gasteiger partial charge in [-0.25, -0.2) is 0 Å². The third-order valence-electron chi connectivity index (χ3n) is 6.48. The van der Waals surface area contributed by atoms with Crippen molar-refractivity contribution in [3.8, 4) is 0 Å². The van der Waals surface area contributed by atoms with Crippen LogP contribution in [-0.4, -0.2) is 42.5 Å². The Morgan fingerprint density at radius 1 is 0.679 bits per heavy atom. The zero-order valence-electron chi connectivity index (χ0n) is 16.4. The van der Waals surface area contributed by atoms with Crippen LogP contribution >= 0.6 is 0 Å². The predicted octanol–water partition coefficient (Wildman–Crippen LogP) is 4.73. The zero-order chi connectivity index (χ0) is 18.8. The minimum Gasteiger partial charge on any atom is -0.300 e. The number of hydrogen-bond donors (Lipinski definition) is 0. The Labute approximate surface area is 168 Å². The van der Waals surface area contributed by atoms with E-state index in [1.54, 1.807) is 0 Å². The number of benzene rings is 3. The van der Waals surface area contributed by atoms with Gasteiger partial charge in [0.1, 0.15) is 0 Å². The van der Waals surface area contributed by atoms with E-state index in [0.29, 0.717) is 12.0 Å². The second-order valence-electron chi connectivity index (χ2n) is 8.14. The van der Waals surface area contributed by atoms with Crippen LogP contribution in [-0.2, 0) is 6.42 Å². The van der Waals surface area contributed by atoms with E-state index >= 15 is 0 Å². The van der Waals surface area contributed by atoms with Crippen LogP contribution in [0.25, 0.3) is 0 Å². The normalized spacial score (nSPS) is 22.4. The van der Waals surface area contributed by atoms with Crippen LogP contribution in [0.15, 0.2) is 84.9 Å². The van der Waals surface area contributed by atoms with E-state index in [1.165, 1.54) is 28.8 Å². The second kappa shape index (κ2) is 7.90. The summed E-state index contributed by atoms with van der Waals surface area (Å²) in [4.78, 5) is 5.38. The molecule has 2 heteroatoms. The van der Waals surface area contributed by atoms with Crippen molar-refractivity contribution in [3.05, 3.63) is 107 Å². The van der Waals surface area contributed by atoms with Gasteiger partial charge >= 0.3 is 0 Å². The smallest absolute Gasteiger partial charge is 0.0479 e. The molecule has 1 fully saturated rings. The van der Waals surface area contributed by atoms with E-state index in [-0.39, 0.29) is 0 Å². The van der Waals surface area contributed by atoms with Crippen LogP contribution in [0.4, 0.5) is 0 Å². The summed E-state index contributed by atoms with van der Waals surface area (Å²) in [7, 11) is 0. The second-order valence-corrected chi connectivity index (χ2v) is 8.14. The standard InChI is InChI=1S/C26H28N2/c1-3-9-21(10-4-1)15-16-27-17-18-28-19-25(22-11-5-2-6-12-22)23-13-7-8-14-24(23)26(28)20-27/h1-14,25-26H,15-20H2/t25-,26-/m0/s1. The summed E-state index contributed by atoms with van der Waals surface area (Å²) in [6, 6.07) is 31.6. The van der Waals surface area contributed by atoms with E-state index in [4.69, 9.17) is 0 Å². The Kier molecular flexibility index (Phi) is 4.99. The van der Waals surface area contributed by atoms with Gasteiger partial charge in [0.2, 0.25) is 0 Å². The van der Waals surface area contributed by atoms with Gasteiger partial charge < -0.3 is 0 Å². The highest BCUT2D eigenvalue weighted by Gasteiger charge is 2.36. The van der Waals surface area contributed by atoms with Gasteiger partial charge in [-0.15, -0.1) is 0 Å². The van der Waals surface area contributed by atoms with Crippen molar-refractivity contribution < 1.29 is 0 Å². The summed E-state index contributed by atoms with van der Waals surface area (Å²) in [5, 5.41) is 0. The van der Waals surface area contributed by atoms with Gasteiger partial charge in [-0.05, 0) is 28.7 Å². The van der Waals surface area contributed by atoms with Crippen LogP contribution in [0.1, 0.15) is 34.2 Å². The molecule has 2 heterocycles. The number of hydrogen-bond acceptors (Lipinski definition) is 2. The number of rotatable bonds is 4. The topological polar surface area (TPSA) is 6.48 Å². The van der Waals surface area contributed by atoms with Crippen LogP contribution in [0.3, 0.4) is 0 Å². The van der Waals surface area contributed by atoms with E-state index < -0.39 is 0 Å². The molecular formula is C26H28N2. The Morgan fingerprint density at radius 2 is 1.36 bits per heavy atom. The van der Waals surface area contributed by atoms with Gasteiger partial charge in [0.05, 0.1) is 0 Å². The Balaban J connectivity index is 1.36. The van der Waals surface area contributed by atoms with Gasteiger partial charge in [-0.1, -0.05) is 84.9 Å². The molecule has 0 N–H and O–H groups in total. The Morgan fingerprint density at radius 3 is 2.14 bits per heavy atom. The van der Waals surface area contributed by atoms with Gasteiger partial charge in [-0.3, -0.25) is 9.80 Å². The first-order chi connectivity index (χ1) is 13.9. The van der Waals surface area contributed by atoms with Crippen LogP contribution in [0.5, 0.6) is 0 Å². The highest BCUT2D eigenvalue weighted by Crippen LogP contribution is 2.40. The third kappa shape index (κ3) is 3.50. The molecule has 2 atom stereocenters. The molecule has 3 aromatic rings. The number of nitrogens with zero attached hydrogens (tertiary/aromatic N) is 2.